The van der Waals surface area contributed by atoms with Crippen LogP contribution in [-0.4, -0.2) is 21.1 Å². The molecule has 0 saturated carbocycles. The van der Waals surface area contributed by atoms with Crippen molar-refractivity contribution < 1.29 is 0 Å². The molecular formula is C16H17ClN4. The third kappa shape index (κ3) is 3.00. The third-order valence-corrected chi connectivity index (χ3v) is 3.77. The number of nitrogens with one attached hydrogen (secondary N) is 1. The van der Waals surface area contributed by atoms with Crippen LogP contribution >= 0.6 is 11.6 Å². The number of rotatable bonds is 4. The molecule has 2 heterocycles. The van der Waals surface area contributed by atoms with E-state index in [0.29, 0.717) is 0 Å². The quantitative estimate of drug-likeness (QED) is 0.801. The van der Waals surface area contributed by atoms with Gasteiger partial charge in [-0.3, -0.25) is 0 Å². The minimum absolute atomic E-state index is 0.768. The van der Waals surface area contributed by atoms with Crippen molar-refractivity contribution in [3.05, 3.63) is 53.1 Å². The van der Waals surface area contributed by atoms with Crippen LogP contribution in [0.4, 0.5) is 5.82 Å². The Morgan fingerprint density at radius 2 is 2.10 bits per heavy atom. The SMILES string of the molecule is Cc1cc(NCCc2cn(C)c3cc(Cl)ccc23)ncn1. The summed E-state index contributed by atoms with van der Waals surface area (Å²) in [5.74, 6) is 0.866. The van der Waals surface area contributed by atoms with Crippen LogP contribution in [0.15, 0.2) is 36.8 Å². The lowest BCUT2D eigenvalue weighted by atomic mass is 10.1. The van der Waals surface area contributed by atoms with E-state index in [1.54, 1.807) is 6.33 Å². The van der Waals surface area contributed by atoms with Gasteiger partial charge in [-0.25, -0.2) is 9.97 Å². The minimum atomic E-state index is 0.768. The Labute approximate surface area is 128 Å². The lowest BCUT2D eigenvalue weighted by molar-refractivity contribution is 0.939. The standard InChI is InChI=1S/C16H17ClN4/c1-11-7-16(20-10-19-11)18-6-5-12-9-21(2)15-8-13(17)3-4-14(12)15/h3-4,7-10H,5-6H2,1-2H3,(H,18,19,20). The second-order valence-electron chi connectivity index (χ2n) is 5.15. The number of fused-ring (bicyclic) bond motifs is 1. The summed E-state index contributed by atoms with van der Waals surface area (Å²) in [5, 5.41) is 5.35. The average molecular weight is 301 g/mol. The van der Waals surface area contributed by atoms with Crippen molar-refractivity contribution >= 4 is 28.3 Å². The first-order valence-corrected chi connectivity index (χ1v) is 7.27. The van der Waals surface area contributed by atoms with Gasteiger partial charge in [0.2, 0.25) is 0 Å². The Kier molecular flexibility index (Phi) is 3.80. The summed E-state index contributed by atoms with van der Waals surface area (Å²) in [4.78, 5) is 8.30. The number of aryl methyl sites for hydroxylation is 2. The van der Waals surface area contributed by atoms with E-state index in [0.717, 1.165) is 35.0 Å². The highest BCUT2D eigenvalue weighted by Gasteiger charge is 2.07. The Morgan fingerprint density at radius 3 is 2.90 bits per heavy atom. The Morgan fingerprint density at radius 1 is 1.24 bits per heavy atom. The average Bonchev–Trinajstić information content (AvgIpc) is 2.75. The van der Waals surface area contributed by atoms with E-state index < -0.39 is 0 Å². The van der Waals surface area contributed by atoms with Gasteiger partial charge in [-0.05, 0) is 31.0 Å². The zero-order chi connectivity index (χ0) is 14.8. The summed E-state index contributed by atoms with van der Waals surface area (Å²) in [6.45, 7) is 2.79. The number of halogens is 1. The summed E-state index contributed by atoms with van der Waals surface area (Å²) in [5.41, 5.74) is 3.44. The highest BCUT2D eigenvalue weighted by molar-refractivity contribution is 6.31. The molecule has 0 fully saturated rings. The summed E-state index contributed by atoms with van der Waals surface area (Å²) < 4.78 is 2.12. The summed E-state index contributed by atoms with van der Waals surface area (Å²) in [7, 11) is 2.05. The van der Waals surface area contributed by atoms with Crippen molar-refractivity contribution in [3.8, 4) is 0 Å². The van der Waals surface area contributed by atoms with Crippen LogP contribution in [-0.2, 0) is 13.5 Å². The maximum atomic E-state index is 6.06. The van der Waals surface area contributed by atoms with Gasteiger partial charge in [0.25, 0.3) is 0 Å². The molecule has 3 aromatic rings. The molecular weight excluding hydrogens is 284 g/mol. The van der Waals surface area contributed by atoms with Crippen LogP contribution in [0.1, 0.15) is 11.3 Å². The first kappa shape index (κ1) is 13.9. The van der Waals surface area contributed by atoms with E-state index in [2.05, 4.69) is 32.1 Å². The molecule has 0 aliphatic rings. The minimum Gasteiger partial charge on any atom is -0.370 e. The molecule has 108 valence electrons. The molecule has 0 spiro atoms. The second-order valence-corrected chi connectivity index (χ2v) is 5.58. The molecule has 0 saturated heterocycles. The van der Waals surface area contributed by atoms with Gasteiger partial charge in [0.1, 0.15) is 12.1 Å². The summed E-state index contributed by atoms with van der Waals surface area (Å²) in [6.07, 6.45) is 4.67. The highest BCUT2D eigenvalue weighted by Crippen LogP contribution is 2.24. The van der Waals surface area contributed by atoms with Crippen molar-refractivity contribution in [1.29, 1.82) is 0 Å². The highest BCUT2D eigenvalue weighted by atomic mass is 35.5. The predicted octanol–water partition coefficient (Wildman–Crippen LogP) is 3.58. The molecule has 1 N–H and O–H groups in total. The number of nitrogens with zero attached hydrogens (tertiary/aromatic N) is 3. The fourth-order valence-corrected chi connectivity index (χ4v) is 2.68. The van der Waals surface area contributed by atoms with Gasteiger partial charge in [-0.1, -0.05) is 17.7 Å². The molecule has 0 atom stereocenters. The van der Waals surface area contributed by atoms with E-state index in [1.165, 1.54) is 10.9 Å². The first-order valence-electron chi connectivity index (χ1n) is 6.89. The number of hydrogen-bond donors (Lipinski definition) is 1. The van der Waals surface area contributed by atoms with Crippen LogP contribution in [0.3, 0.4) is 0 Å². The Hall–Kier alpha value is -2.07. The van der Waals surface area contributed by atoms with Crippen molar-refractivity contribution in [2.45, 2.75) is 13.3 Å². The van der Waals surface area contributed by atoms with Crippen molar-refractivity contribution in [2.24, 2.45) is 7.05 Å². The molecule has 0 amide bonds. The predicted molar refractivity (Wildman–Crippen MR) is 86.9 cm³/mol. The van der Waals surface area contributed by atoms with Gasteiger partial charge in [-0.2, -0.15) is 0 Å². The first-order chi connectivity index (χ1) is 10.1. The number of hydrogen-bond acceptors (Lipinski definition) is 3. The number of aromatic nitrogens is 3. The third-order valence-electron chi connectivity index (χ3n) is 3.54. The molecule has 0 unspecified atom stereocenters. The molecule has 3 rings (SSSR count). The lowest BCUT2D eigenvalue weighted by Crippen LogP contribution is -2.06. The molecule has 2 aromatic heterocycles. The van der Waals surface area contributed by atoms with Gasteiger partial charge >= 0.3 is 0 Å². The van der Waals surface area contributed by atoms with Crippen LogP contribution in [0.25, 0.3) is 10.9 Å². The van der Waals surface area contributed by atoms with E-state index in [4.69, 9.17) is 11.6 Å². The van der Waals surface area contributed by atoms with Gasteiger partial charge < -0.3 is 9.88 Å². The van der Waals surface area contributed by atoms with Gasteiger partial charge in [0.05, 0.1) is 0 Å². The maximum absolute atomic E-state index is 6.06. The summed E-state index contributed by atoms with van der Waals surface area (Å²) >= 11 is 6.06. The van der Waals surface area contributed by atoms with Crippen LogP contribution in [0, 0.1) is 6.92 Å². The molecule has 21 heavy (non-hydrogen) atoms. The normalized spacial score (nSPS) is 11.0. The van der Waals surface area contributed by atoms with E-state index in [-0.39, 0.29) is 0 Å². The van der Waals surface area contributed by atoms with Gasteiger partial charge in [-0.15, -0.1) is 0 Å². The molecule has 0 bridgehead atoms. The Bertz CT molecular complexity index is 779. The monoisotopic (exact) mass is 300 g/mol. The second kappa shape index (κ2) is 5.74. The fourth-order valence-electron chi connectivity index (χ4n) is 2.52. The number of anilines is 1. The van der Waals surface area contributed by atoms with E-state index >= 15 is 0 Å². The van der Waals surface area contributed by atoms with Crippen LogP contribution in [0.5, 0.6) is 0 Å². The Balaban J connectivity index is 1.74. The molecule has 0 aliphatic heterocycles. The van der Waals surface area contributed by atoms with E-state index in [1.807, 2.05) is 32.2 Å². The maximum Gasteiger partial charge on any atom is 0.129 e. The van der Waals surface area contributed by atoms with Crippen LogP contribution in [0.2, 0.25) is 5.02 Å². The van der Waals surface area contributed by atoms with Crippen molar-refractivity contribution in [3.63, 3.8) is 0 Å². The van der Waals surface area contributed by atoms with Crippen molar-refractivity contribution in [2.75, 3.05) is 11.9 Å². The lowest BCUT2D eigenvalue weighted by Gasteiger charge is -2.05. The van der Waals surface area contributed by atoms with Gasteiger partial charge in [0.15, 0.2) is 0 Å². The zero-order valence-electron chi connectivity index (χ0n) is 12.1. The van der Waals surface area contributed by atoms with Crippen molar-refractivity contribution in [1.82, 2.24) is 14.5 Å². The fraction of sp³-hybridized carbons (Fsp3) is 0.250. The molecule has 1 aromatic carbocycles. The molecule has 4 nitrogen and oxygen atoms in total. The van der Waals surface area contributed by atoms with Gasteiger partial charge in [0, 0.05) is 47.5 Å². The molecule has 0 aliphatic carbocycles. The van der Waals surface area contributed by atoms with E-state index in [9.17, 15) is 0 Å². The topological polar surface area (TPSA) is 42.7 Å². The number of benzene rings is 1. The summed E-state index contributed by atoms with van der Waals surface area (Å²) in [6, 6.07) is 7.97. The largest absolute Gasteiger partial charge is 0.370 e. The smallest absolute Gasteiger partial charge is 0.129 e. The molecule has 5 heteroatoms. The molecule has 0 radical (unpaired) electrons. The zero-order valence-corrected chi connectivity index (χ0v) is 12.9. The van der Waals surface area contributed by atoms with Crippen LogP contribution < -0.4 is 5.32 Å².